The molecule has 0 spiro atoms. The zero-order valence-electron chi connectivity index (χ0n) is 14.9. The Morgan fingerprint density at radius 3 is 2.45 bits per heavy atom. The monoisotopic (exact) mass is 417 g/mol. The molecule has 0 aliphatic heterocycles. The van der Waals surface area contributed by atoms with Gasteiger partial charge in [-0.2, -0.15) is 13.2 Å². The van der Waals surface area contributed by atoms with Crippen LogP contribution in [0.3, 0.4) is 0 Å². The molecule has 0 atom stereocenters. The van der Waals surface area contributed by atoms with Crippen LogP contribution in [-0.2, 0) is 6.18 Å². The first-order valence-electron chi connectivity index (χ1n) is 8.30. The van der Waals surface area contributed by atoms with Gasteiger partial charge in [0.1, 0.15) is 5.69 Å². The number of rotatable bonds is 5. The molecule has 2 aromatic carbocycles. The lowest BCUT2D eigenvalue weighted by Crippen LogP contribution is -2.11. The van der Waals surface area contributed by atoms with E-state index in [2.05, 4.69) is 26.9 Å². The van der Waals surface area contributed by atoms with Gasteiger partial charge in [-0.15, -0.1) is 0 Å². The summed E-state index contributed by atoms with van der Waals surface area (Å²) >= 11 is 5.75. The van der Waals surface area contributed by atoms with Gasteiger partial charge in [0.05, 0.1) is 5.69 Å². The fourth-order valence-corrected chi connectivity index (χ4v) is 2.79. The lowest BCUT2D eigenvalue weighted by Gasteiger charge is -2.16. The Labute approximate surface area is 169 Å². The highest BCUT2D eigenvalue weighted by atomic mass is 35.5. The zero-order chi connectivity index (χ0) is 21.0. The Bertz CT molecular complexity index is 1060. The summed E-state index contributed by atoms with van der Waals surface area (Å²) < 4.78 is 38.8. The fraction of sp³-hybridized carbons (Fsp3) is 0.0500. The number of hydrogen-bond acceptors (Lipinski definition) is 4. The molecule has 0 aliphatic rings. The summed E-state index contributed by atoms with van der Waals surface area (Å²) in [5, 5.41) is 2.53. The predicted molar refractivity (Wildman–Crippen MR) is 109 cm³/mol. The molecule has 1 aromatic heterocycles. The first-order chi connectivity index (χ1) is 13.8. The summed E-state index contributed by atoms with van der Waals surface area (Å²) in [6.07, 6.45) is -3.57. The van der Waals surface area contributed by atoms with Crippen LogP contribution in [0.25, 0.3) is 16.8 Å². The molecular formula is C20H15ClF3N5. The normalized spacial score (nSPS) is 11.9. The standard InChI is InChI=1S/C20H15ClF3N5/c1-12(27-19-26-11-10-16(29-19)20(22,23)24)17-14(13-6-3-2-4-7-13)8-5-9-15(17)28-18(21)25/h2-11H,1H2,(H2,25,28)(H,26,27,29). The van der Waals surface area contributed by atoms with Crippen LogP contribution in [0, 0.1) is 0 Å². The minimum atomic E-state index is -4.59. The summed E-state index contributed by atoms with van der Waals surface area (Å²) in [7, 11) is 0. The van der Waals surface area contributed by atoms with Gasteiger partial charge in [-0.1, -0.05) is 49.0 Å². The minimum absolute atomic E-state index is 0.195. The molecule has 5 nitrogen and oxygen atoms in total. The molecule has 3 N–H and O–H groups in total. The molecule has 0 bridgehead atoms. The van der Waals surface area contributed by atoms with Gasteiger partial charge in [0, 0.05) is 17.5 Å². The van der Waals surface area contributed by atoms with Crippen LogP contribution in [0.15, 0.2) is 72.4 Å². The second-order valence-corrected chi connectivity index (χ2v) is 6.25. The number of halogens is 4. The van der Waals surface area contributed by atoms with Crippen LogP contribution in [0.2, 0.25) is 0 Å². The van der Waals surface area contributed by atoms with Crippen molar-refractivity contribution in [1.29, 1.82) is 0 Å². The smallest absolute Gasteiger partial charge is 0.374 e. The molecule has 148 valence electrons. The van der Waals surface area contributed by atoms with Crippen LogP contribution in [0.4, 0.5) is 24.8 Å². The number of aliphatic imine (C=N–C) groups is 1. The van der Waals surface area contributed by atoms with E-state index < -0.39 is 11.9 Å². The van der Waals surface area contributed by atoms with E-state index in [1.54, 1.807) is 12.1 Å². The molecule has 0 saturated heterocycles. The van der Waals surface area contributed by atoms with Gasteiger partial charge in [0.2, 0.25) is 5.95 Å². The van der Waals surface area contributed by atoms with Gasteiger partial charge in [0.15, 0.2) is 5.29 Å². The van der Waals surface area contributed by atoms with Gasteiger partial charge in [-0.05, 0) is 34.9 Å². The Morgan fingerprint density at radius 1 is 1.07 bits per heavy atom. The van der Waals surface area contributed by atoms with Crippen LogP contribution < -0.4 is 11.1 Å². The van der Waals surface area contributed by atoms with E-state index in [9.17, 15) is 13.2 Å². The van der Waals surface area contributed by atoms with Crippen LogP contribution in [-0.4, -0.2) is 15.3 Å². The summed E-state index contributed by atoms with van der Waals surface area (Å²) in [6.45, 7) is 3.94. The maximum Gasteiger partial charge on any atom is 0.433 e. The lowest BCUT2D eigenvalue weighted by atomic mass is 9.96. The molecule has 0 fully saturated rings. The number of nitrogens with two attached hydrogens (primary N) is 1. The number of hydrogen-bond donors (Lipinski definition) is 2. The Balaban J connectivity index is 2.07. The Kier molecular flexibility index (Phi) is 5.84. The number of nitrogens with one attached hydrogen (secondary N) is 1. The maximum atomic E-state index is 12.9. The molecule has 9 heteroatoms. The molecule has 1 heterocycles. The number of nitrogens with zero attached hydrogens (tertiary/aromatic N) is 3. The van der Waals surface area contributed by atoms with E-state index in [0.717, 1.165) is 23.4 Å². The van der Waals surface area contributed by atoms with Crippen molar-refractivity contribution in [2.75, 3.05) is 5.32 Å². The molecule has 0 aliphatic carbocycles. The quantitative estimate of drug-likeness (QED) is 0.329. The van der Waals surface area contributed by atoms with Crippen molar-refractivity contribution >= 4 is 34.2 Å². The number of amidine groups is 1. The largest absolute Gasteiger partial charge is 0.433 e. The molecule has 0 unspecified atom stereocenters. The highest BCUT2D eigenvalue weighted by molar-refractivity contribution is 6.64. The second-order valence-electron chi connectivity index (χ2n) is 5.87. The SMILES string of the molecule is C=C(Nc1nccc(C(F)(F)F)n1)c1c(N=C(N)Cl)cccc1-c1ccccc1. The summed E-state index contributed by atoms with van der Waals surface area (Å²) in [4.78, 5) is 11.5. The molecule has 3 aromatic rings. The van der Waals surface area contributed by atoms with Gasteiger partial charge in [0.25, 0.3) is 0 Å². The van der Waals surface area contributed by atoms with E-state index in [0.29, 0.717) is 11.3 Å². The molecule has 0 amide bonds. The van der Waals surface area contributed by atoms with Gasteiger partial charge in [-0.3, -0.25) is 0 Å². The summed E-state index contributed by atoms with van der Waals surface area (Å²) in [5.74, 6) is -0.249. The fourth-order valence-electron chi connectivity index (χ4n) is 2.70. The third kappa shape index (κ3) is 4.91. The number of anilines is 1. The number of benzene rings is 2. The van der Waals surface area contributed by atoms with Crippen molar-refractivity contribution in [1.82, 2.24) is 9.97 Å². The third-order valence-electron chi connectivity index (χ3n) is 3.86. The highest BCUT2D eigenvalue weighted by Crippen LogP contribution is 2.36. The third-order valence-corrected chi connectivity index (χ3v) is 3.95. The molecule has 0 radical (unpaired) electrons. The topological polar surface area (TPSA) is 76.2 Å². The van der Waals surface area contributed by atoms with Crippen molar-refractivity contribution < 1.29 is 13.2 Å². The molecule has 29 heavy (non-hydrogen) atoms. The van der Waals surface area contributed by atoms with E-state index in [1.165, 1.54) is 0 Å². The highest BCUT2D eigenvalue weighted by Gasteiger charge is 2.32. The second kappa shape index (κ2) is 8.32. The first kappa shape index (κ1) is 20.3. The molecular weight excluding hydrogens is 403 g/mol. The van der Waals surface area contributed by atoms with Crippen molar-refractivity contribution in [2.24, 2.45) is 10.7 Å². The van der Waals surface area contributed by atoms with Crippen LogP contribution in [0.5, 0.6) is 0 Å². The van der Waals surface area contributed by atoms with E-state index in [1.807, 2.05) is 36.4 Å². The molecule has 0 saturated carbocycles. The first-order valence-corrected chi connectivity index (χ1v) is 8.68. The van der Waals surface area contributed by atoms with Crippen LogP contribution in [0.1, 0.15) is 11.3 Å². The van der Waals surface area contributed by atoms with E-state index >= 15 is 0 Å². The van der Waals surface area contributed by atoms with Crippen LogP contribution >= 0.6 is 11.6 Å². The van der Waals surface area contributed by atoms with Crippen molar-refractivity contribution in [3.63, 3.8) is 0 Å². The lowest BCUT2D eigenvalue weighted by molar-refractivity contribution is -0.141. The maximum absolute atomic E-state index is 12.9. The summed E-state index contributed by atoms with van der Waals surface area (Å²) in [5.41, 5.74) is 7.16. The van der Waals surface area contributed by atoms with Gasteiger partial charge in [-0.25, -0.2) is 15.0 Å². The van der Waals surface area contributed by atoms with Crippen molar-refractivity contribution in [2.45, 2.75) is 6.18 Å². The van der Waals surface area contributed by atoms with Gasteiger partial charge < -0.3 is 11.1 Å². The molecule has 3 rings (SSSR count). The van der Waals surface area contributed by atoms with Crippen molar-refractivity contribution in [3.05, 3.63) is 78.6 Å². The minimum Gasteiger partial charge on any atom is -0.374 e. The van der Waals surface area contributed by atoms with Crippen molar-refractivity contribution in [3.8, 4) is 11.1 Å². The zero-order valence-corrected chi connectivity index (χ0v) is 15.7. The average molecular weight is 418 g/mol. The van der Waals surface area contributed by atoms with Gasteiger partial charge >= 0.3 is 6.18 Å². The average Bonchev–Trinajstić information content (AvgIpc) is 2.67. The Hall–Kier alpha value is -3.39. The summed E-state index contributed by atoms with van der Waals surface area (Å²) in [6, 6.07) is 15.4. The number of alkyl halides is 3. The van der Waals surface area contributed by atoms with E-state index in [4.69, 9.17) is 17.3 Å². The number of aromatic nitrogens is 2. The Morgan fingerprint density at radius 2 is 1.79 bits per heavy atom. The van der Waals surface area contributed by atoms with E-state index in [-0.39, 0.29) is 16.9 Å². The predicted octanol–water partition coefficient (Wildman–Crippen LogP) is 5.43.